The van der Waals surface area contributed by atoms with Gasteiger partial charge in [-0.15, -0.1) is 0 Å². The van der Waals surface area contributed by atoms with E-state index in [2.05, 4.69) is 29.1 Å². The number of anilines is 2. The number of nitrogens with two attached hydrogens (primary N) is 1. The van der Waals surface area contributed by atoms with E-state index in [1.54, 1.807) is 7.11 Å². The standard InChI is InChI=1S/C14H26N4O2/c1-5-20-8-6-7-16-13-12(15)14(19-4)18-11(17-13)9-10(2)3/h10H,5-9,15H2,1-4H3,(H,16,17,18). The van der Waals surface area contributed by atoms with Crippen LogP contribution >= 0.6 is 0 Å². The molecular weight excluding hydrogens is 256 g/mol. The molecule has 0 aromatic carbocycles. The minimum absolute atomic E-state index is 0.433. The quantitative estimate of drug-likeness (QED) is 0.675. The van der Waals surface area contributed by atoms with E-state index in [1.807, 2.05) is 6.92 Å². The van der Waals surface area contributed by atoms with Gasteiger partial charge in [0, 0.05) is 26.2 Å². The molecule has 20 heavy (non-hydrogen) atoms. The molecular formula is C14H26N4O2. The molecule has 0 aliphatic rings. The van der Waals surface area contributed by atoms with Gasteiger partial charge < -0.3 is 20.5 Å². The second kappa shape index (κ2) is 8.58. The molecule has 1 rings (SSSR count). The number of hydrogen-bond acceptors (Lipinski definition) is 6. The molecule has 3 N–H and O–H groups in total. The third-order valence-electron chi connectivity index (χ3n) is 2.70. The monoisotopic (exact) mass is 282 g/mol. The van der Waals surface area contributed by atoms with Gasteiger partial charge in [-0.3, -0.25) is 0 Å². The summed E-state index contributed by atoms with van der Waals surface area (Å²) in [6, 6.07) is 0. The summed E-state index contributed by atoms with van der Waals surface area (Å²) in [5.41, 5.74) is 6.45. The van der Waals surface area contributed by atoms with E-state index in [-0.39, 0.29) is 0 Å². The van der Waals surface area contributed by atoms with Gasteiger partial charge >= 0.3 is 0 Å². The van der Waals surface area contributed by atoms with Crippen molar-refractivity contribution in [1.29, 1.82) is 0 Å². The molecule has 1 heterocycles. The van der Waals surface area contributed by atoms with Crippen molar-refractivity contribution in [2.75, 3.05) is 37.9 Å². The maximum atomic E-state index is 5.99. The van der Waals surface area contributed by atoms with Gasteiger partial charge in [-0.1, -0.05) is 13.8 Å². The summed E-state index contributed by atoms with van der Waals surface area (Å²) in [7, 11) is 1.57. The van der Waals surface area contributed by atoms with Crippen LogP contribution in [0.5, 0.6) is 5.88 Å². The Morgan fingerprint density at radius 2 is 2.05 bits per heavy atom. The van der Waals surface area contributed by atoms with Gasteiger partial charge in [0.1, 0.15) is 11.5 Å². The molecule has 0 aliphatic heterocycles. The highest BCUT2D eigenvalue weighted by molar-refractivity contribution is 5.66. The van der Waals surface area contributed by atoms with Crippen molar-refractivity contribution in [3.05, 3.63) is 5.82 Å². The summed E-state index contributed by atoms with van der Waals surface area (Å²) in [4.78, 5) is 8.80. The van der Waals surface area contributed by atoms with Gasteiger partial charge in [-0.2, -0.15) is 4.98 Å². The summed E-state index contributed by atoms with van der Waals surface area (Å²) >= 11 is 0. The van der Waals surface area contributed by atoms with Crippen LogP contribution in [0.1, 0.15) is 33.0 Å². The number of ether oxygens (including phenoxy) is 2. The van der Waals surface area contributed by atoms with Crippen LogP contribution in [-0.2, 0) is 11.2 Å². The fourth-order valence-electron chi connectivity index (χ4n) is 1.77. The third-order valence-corrected chi connectivity index (χ3v) is 2.70. The molecule has 0 bridgehead atoms. The number of nitrogens with one attached hydrogen (secondary N) is 1. The summed E-state index contributed by atoms with van der Waals surface area (Å²) in [6.07, 6.45) is 1.70. The van der Waals surface area contributed by atoms with Crippen molar-refractivity contribution in [2.45, 2.75) is 33.6 Å². The molecule has 0 fully saturated rings. The maximum Gasteiger partial charge on any atom is 0.242 e. The first kappa shape index (κ1) is 16.5. The Bertz CT molecular complexity index is 410. The van der Waals surface area contributed by atoms with Gasteiger partial charge in [-0.25, -0.2) is 4.98 Å². The van der Waals surface area contributed by atoms with E-state index in [0.717, 1.165) is 38.4 Å². The molecule has 0 unspecified atom stereocenters. The van der Waals surface area contributed by atoms with Crippen LogP contribution in [0.3, 0.4) is 0 Å². The van der Waals surface area contributed by atoms with Crippen molar-refractivity contribution < 1.29 is 9.47 Å². The van der Waals surface area contributed by atoms with Gasteiger partial charge in [0.25, 0.3) is 0 Å². The van der Waals surface area contributed by atoms with Crippen molar-refractivity contribution in [2.24, 2.45) is 5.92 Å². The largest absolute Gasteiger partial charge is 0.479 e. The zero-order valence-electron chi connectivity index (χ0n) is 12.9. The molecule has 6 heteroatoms. The molecule has 1 aromatic heterocycles. The molecule has 6 nitrogen and oxygen atoms in total. The summed E-state index contributed by atoms with van der Waals surface area (Å²) in [6.45, 7) is 8.46. The Labute approximate surface area is 121 Å². The summed E-state index contributed by atoms with van der Waals surface area (Å²) in [5, 5.41) is 3.22. The van der Waals surface area contributed by atoms with E-state index in [4.69, 9.17) is 15.2 Å². The van der Waals surface area contributed by atoms with E-state index in [1.165, 1.54) is 0 Å². The molecule has 0 atom stereocenters. The zero-order valence-corrected chi connectivity index (χ0v) is 12.9. The Morgan fingerprint density at radius 1 is 1.30 bits per heavy atom. The van der Waals surface area contributed by atoms with Crippen LogP contribution in [0.25, 0.3) is 0 Å². The van der Waals surface area contributed by atoms with Crippen molar-refractivity contribution in [1.82, 2.24) is 9.97 Å². The highest BCUT2D eigenvalue weighted by atomic mass is 16.5. The number of hydrogen-bond donors (Lipinski definition) is 2. The van der Waals surface area contributed by atoms with E-state index in [0.29, 0.717) is 23.3 Å². The fraction of sp³-hybridized carbons (Fsp3) is 0.714. The second-order valence-corrected chi connectivity index (χ2v) is 4.99. The second-order valence-electron chi connectivity index (χ2n) is 4.99. The zero-order chi connectivity index (χ0) is 15.0. The van der Waals surface area contributed by atoms with Crippen molar-refractivity contribution in [3.63, 3.8) is 0 Å². The van der Waals surface area contributed by atoms with E-state index in [9.17, 15) is 0 Å². The lowest BCUT2D eigenvalue weighted by Crippen LogP contribution is -2.13. The van der Waals surface area contributed by atoms with Gasteiger partial charge in [0.15, 0.2) is 5.82 Å². The Balaban J connectivity index is 2.71. The van der Waals surface area contributed by atoms with Gasteiger partial charge in [0.2, 0.25) is 5.88 Å². The van der Waals surface area contributed by atoms with Gasteiger partial charge in [-0.05, 0) is 19.3 Å². The van der Waals surface area contributed by atoms with Crippen LogP contribution in [-0.4, -0.2) is 36.8 Å². The molecule has 0 saturated carbocycles. The number of nitrogens with zero attached hydrogens (tertiary/aromatic N) is 2. The lowest BCUT2D eigenvalue weighted by Gasteiger charge is -2.13. The van der Waals surface area contributed by atoms with Gasteiger partial charge in [0.05, 0.1) is 7.11 Å². The smallest absolute Gasteiger partial charge is 0.242 e. The summed E-state index contributed by atoms with van der Waals surface area (Å²) < 4.78 is 10.5. The van der Waals surface area contributed by atoms with Crippen molar-refractivity contribution in [3.8, 4) is 5.88 Å². The first-order chi connectivity index (χ1) is 9.58. The first-order valence-electron chi connectivity index (χ1n) is 7.10. The molecule has 0 aliphatic carbocycles. The minimum atomic E-state index is 0.433. The lowest BCUT2D eigenvalue weighted by atomic mass is 10.1. The van der Waals surface area contributed by atoms with Crippen molar-refractivity contribution >= 4 is 11.5 Å². The average Bonchev–Trinajstić information content (AvgIpc) is 2.40. The first-order valence-corrected chi connectivity index (χ1v) is 7.10. The predicted molar refractivity (Wildman–Crippen MR) is 81.1 cm³/mol. The van der Waals surface area contributed by atoms with Crippen LogP contribution in [0.2, 0.25) is 0 Å². The summed E-state index contributed by atoms with van der Waals surface area (Å²) in [5.74, 6) is 2.31. The molecule has 0 saturated heterocycles. The molecule has 0 spiro atoms. The van der Waals surface area contributed by atoms with Crippen LogP contribution in [0, 0.1) is 5.92 Å². The lowest BCUT2D eigenvalue weighted by molar-refractivity contribution is 0.147. The number of methoxy groups -OCH3 is 1. The number of rotatable bonds is 9. The Kier molecular flexibility index (Phi) is 7.08. The van der Waals surface area contributed by atoms with Crippen LogP contribution < -0.4 is 15.8 Å². The Morgan fingerprint density at radius 3 is 2.65 bits per heavy atom. The van der Waals surface area contributed by atoms with Crippen LogP contribution in [0.15, 0.2) is 0 Å². The number of nitrogen functional groups attached to an aromatic ring is 1. The Hall–Kier alpha value is -1.56. The molecule has 114 valence electrons. The topological polar surface area (TPSA) is 82.3 Å². The SMILES string of the molecule is CCOCCCNc1nc(CC(C)C)nc(OC)c1N. The van der Waals surface area contributed by atoms with E-state index < -0.39 is 0 Å². The predicted octanol–water partition coefficient (Wildman–Crippen LogP) is 2.10. The van der Waals surface area contributed by atoms with E-state index >= 15 is 0 Å². The normalized spacial score (nSPS) is 10.8. The highest BCUT2D eigenvalue weighted by Crippen LogP contribution is 2.26. The van der Waals surface area contributed by atoms with Crippen LogP contribution in [0.4, 0.5) is 11.5 Å². The fourth-order valence-corrected chi connectivity index (χ4v) is 1.77. The molecule has 0 amide bonds. The minimum Gasteiger partial charge on any atom is -0.479 e. The highest BCUT2D eigenvalue weighted by Gasteiger charge is 2.12. The molecule has 0 radical (unpaired) electrons. The maximum absolute atomic E-state index is 5.99. The number of aromatic nitrogens is 2. The third kappa shape index (κ3) is 5.21. The average molecular weight is 282 g/mol. The molecule has 1 aromatic rings.